The van der Waals surface area contributed by atoms with E-state index in [1.807, 2.05) is 0 Å². The monoisotopic (exact) mass is 380 g/mol. The highest BCUT2D eigenvalue weighted by Gasteiger charge is 2.31. The zero-order valence-corrected chi connectivity index (χ0v) is 14.2. The highest BCUT2D eigenvalue weighted by molar-refractivity contribution is 6.34. The number of carbonyl (C=O) groups excluding carboxylic acids is 1. The van der Waals surface area contributed by atoms with E-state index in [0.717, 1.165) is 12.1 Å². The van der Waals surface area contributed by atoms with E-state index in [4.69, 9.17) is 16.3 Å². The summed E-state index contributed by atoms with van der Waals surface area (Å²) in [7, 11) is 1.47. The number of nitrogens with zero attached hydrogens (tertiary/aromatic N) is 1. The SMILES string of the molecule is COc1cccc(/C=C(\C#N)C(=O)Nc2cc(C(F)(F)F)ccc2Cl)c1. The largest absolute Gasteiger partial charge is 0.497 e. The Morgan fingerprint density at radius 3 is 2.62 bits per heavy atom. The van der Waals surface area contributed by atoms with E-state index in [1.165, 1.54) is 13.2 Å². The van der Waals surface area contributed by atoms with Crippen molar-refractivity contribution in [3.05, 3.63) is 64.2 Å². The van der Waals surface area contributed by atoms with E-state index in [2.05, 4.69) is 5.32 Å². The zero-order chi connectivity index (χ0) is 19.3. The molecule has 1 N–H and O–H groups in total. The molecule has 0 spiro atoms. The number of ether oxygens (including phenoxy) is 1. The molecule has 0 fully saturated rings. The molecule has 0 saturated carbocycles. The molecule has 0 aliphatic rings. The lowest BCUT2D eigenvalue weighted by atomic mass is 10.1. The van der Waals surface area contributed by atoms with Crippen LogP contribution in [0.4, 0.5) is 18.9 Å². The van der Waals surface area contributed by atoms with Gasteiger partial charge in [-0.1, -0.05) is 23.7 Å². The summed E-state index contributed by atoms with van der Waals surface area (Å²) in [6.07, 6.45) is -3.29. The van der Waals surface area contributed by atoms with Crippen molar-refractivity contribution in [2.24, 2.45) is 0 Å². The minimum Gasteiger partial charge on any atom is -0.497 e. The molecule has 0 aliphatic heterocycles. The molecule has 0 atom stereocenters. The summed E-state index contributed by atoms with van der Waals surface area (Å²) < 4.78 is 43.4. The Hall–Kier alpha value is -2.98. The molecule has 8 heteroatoms. The number of benzene rings is 2. The van der Waals surface area contributed by atoms with Gasteiger partial charge < -0.3 is 10.1 Å². The van der Waals surface area contributed by atoms with Crippen molar-refractivity contribution >= 4 is 29.3 Å². The van der Waals surface area contributed by atoms with Gasteiger partial charge in [0.25, 0.3) is 5.91 Å². The molecule has 0 aromatic heterocycles. The van der Waals surface area contributed by atoms with E-state index in [-0.39, 0.29) is 16.3 Å². The molecule has 0 radical (unpaired) electrons. The molecule has 0 heterocycles. The minimum atomic E-state index is -4.58. The summed E-state index contributed by atoms with van der Waals surface area (Å²) in [5, 5.41) is 11.3. The Morgan fingerprint density at radius 1 is 1.27 bits per heavy atom. The van der Waals surface area contributed by atoms with Gasteiger partial charge in [0.05, 0.1) is 23.4 Å². The van der Waals surface area contributed by atoms with Crippen molar-refractivity contribution in [2.45, 2.75) is 6.18 Å². The number of rotatable bonds is 4. The molecule has 4 nitrogen and oxygen atoms in total. The van der Waals surface area contributed by atoms with Crippen LogP contribution in [0.1, 0.15) is 11.1 Å². The van der Waals surface area contributed by atoms with Crippen molar-refractivity contribution < 1.29 is 22.7 Å². The molecule has 0 saturated heterocycles. The number of alkyl halides is 3. The summed E-state index contributed by atoms with van der Waals surface area (Å²) >= 11 is 5.84. The number of halogens is 4. The van der Waals surface area contributed by atoms with Gasteiger partial charge in [-0.25, -0.2) is 0 Å². The van der Waals surface area contributed by atoms with Gasteiger partial charge in [0, 0.05) is 0 Å². The molecule has 26 heavy (non-hydrogen) atoms. The molecule has 2 aromatic rings. The Bertz CT molecular complexity index is 902. The number of hydrogen-bond acceptors (Lipinski definition) is 3. The van der Waals surface area contributed by atoms with Crippen molar-refractivity contribution in [1.29, 1.82) is 5.26 Å². The standard InChI is InChI=1S/C18H12ClF3N2O2/c1-26-14-4-2-3-11(8-14)7-12(10-23)17(25)24-16-9-13(18(20,21)22)5-6-15(16)19/h2-9H,1H3,(H,24,25)/b12-7+. The number of anilines is 1. The van der Waals surface area contributed by atoms with E-state index in [1.54, 1.807) is 30.3 Å². The van der Waals surface area contributed by atoms with Gasteiger partial charge in [0.1, 0.15) is 17.4 Å². The molecule has 2 aromatic carbocycles. The highest BCUT2D eigenvalue weighted by atomic mass is 35.5. The van der Waals surface area contributed by atoms with Gasteiger partial charge in [0.2, 0.25) is 0 Å². The first-order valence-corrected chi connectivity index (χ1v) is 7.56. The number of methoxy groups -OCH3 is 1. The van der Waals surface area contributed by atoms with Crippen LogP contribution in [-0.2, 0) is 11.0 Å². The fourth-order valence-corrected chi connectivity index (χ4v) is 2.20. The van der Waals surface area contributed by atoms with E-state index >= 15 is 0 Å². The van der Waals surface area contributed by atoms with Crippen LogP contribution in [0.3, 0.4) is 0 Å². The van der Waals surface area contributed by atoms with Crippen LogP contribution in [0.2, 0.25) is 5.02 Å². The zero-order valence-electron chi connectivity index (χ0n) is 13.4. The van der Waals surface area contributed by atoms with Gasteiger partial charge in [-0.15, -0.1) is 0 Å². The van der Waals surface area contributed by atoms with Crippen LogP contribution >= 0.6 is 11.6 Å². The lowest BCUT2D eigenvalue weighted by Crippen LogP contribution is -2.15. The minimum absolute atomic E-state index is 0.0787. The lowest BCUT2D eigenvalue weighted by Gasteiger charge is -2.11. The molecule has 0 bridgehead atoms. The average molecular weight is 381 g/mol. The summed E-state index contributed by atoms with van der Waals surface area (Å²) in [5.41, 5.74) is -0.983. The van der Waals surface area contributed by atoms with Crippen LogP contribution in [-0.4, -0.2) is 13.0 Å². The number of amides is 1. The predicted molar refractivity (Wildman–Crippen MR) is 91.7 cm³/mol. The maximum absolute atomic E-state index is 12.8. The summed E-state index contributed by atoms with van der Waals surface area (Å²) in [4.78, 5) is 12.2. The van der Waals surface area contributed by atoms with Crippen molar-refractivity contribution in [3.63, 3.8) is 0 Å². The highest BCUT2D eigenvalue weighted by Crippen LogP contribution is 2.34. The number of hydrogen-bond donors (Lipinski definition) is 1. The van der Waals surface area contributed by atoms with Crippen LogP contribution in [0, 0.1) is 11.3 Å². The van der Waals surface area contributed by atoms with Crippen molar-refractivity contribution in [3.8, 4) is 11.8 Å². The van der Waals surface area contributed by atoms with E-state index in [0.29, 0.717) is 17.4 Å². The van der Waals surface area contributed by atoms with Crippen LogP contribution in [0.25, 0.3) is 6.08 Å². The Morgan fingerprint density at radius 2 is 2.00 bits per heavy atom. The van der Waals surface area contributed by atoms with Crippen LogP contribution in [0.5, 0.6) is 5.75 Å². The predicted octanol–water partition coefficient (Wildman–Crippen LogP) is 4.91. The average Bonchev–Trinajstić information content (AvgIpc) is 2.60. The molecular formula is C18H12ClF3N2O2. The Labute approximate surface area is 152 Å². The second kappa shape index (κ2) is 7.93. The number of nitriles is 1. The first-order chi connectivity index (χ1) is 12.2. The number of carbonyl (C=O) groups is 1. The third-order valence-corrected chi connectivity index (χ3v) is 3.64. The maximum Gasteiger partial charge on any atom is 0.416 e. The summed E-state index contributed by atoms with van der Waals surface area (Å²) in [5.74, 6) is -0.353. The van der Waals surface area contributed by atoms with Gasteiger partial charge >= 0.3 is 6.18 Å². The molecular weight excluding hydrogens is 369 g/mol. The smallest absolute Gasteiger partial charge is 0.416 e. The second-order valence-electron chi connectivity index (χ2n) is 5.09. The van der Waals surface area contributed by atoms with Crippen molar-refractivity contribution in [1.82, 2.24) is 0 Å². The van der Waals surface area contributed by atoms with Crippen LogP contribution in [0.15, 0.2) is 48.0 Å². The molecule has 134 valence electrons. The maximum atomic E-state index is 12.8. The molecule has 0 aliphatic carbocycles. The normalized spacial score (nSPS) is 11.6. The summed E-state index contributed by atoms with van der Waals surface area (Å²) in [6.45, 7) is 0. The van der Waals surface area contributed by atoms with E-state index < -0.39 is 17.6 Å². The second-order valence-corrected chi connectivity index (χ2v) is 5.50. The van der Waals surface area contributed by atoms with Crippen molar-refractivity contribution in [2.75, 3.05) is 12.4 Å². The first kappa shape index (κ1) is 19.3. The molecule has 0 unspecified atom stereocenters. The fourth-order valence-electron chi connectivity index (χ4n) is 2.03. The Balaban J connectivity index is 2.30. The number of nitrogens with one attached hydrogen (secondary N) is 1. The van der Waals surface area contributed by atoms with Gasteiger partial charge in [0.15, 0.2) is 0 Å². The topological polar surface area (TPSA) is 62.1 Å². The van der Waals surface area contributed by atoms with Gasteiger partial charge in [-0.2, -0.15) is 18.4 Å². The molecule has 1 amide bonds. The van der Waals surface area contributed by atoms with Gasteiger partial charge in [-0.05, 0) is 42.0 Å². The third kappa shape index (κ3) is 4.77. The summed E-state index contributed by atoms with van der Waals surface area (Å²) in [6, 6.07) is 10.8. The first-order valence-electron chi connectivity index (χ1n) is 7.18. The molecule has 2 rings (SSSR count). The fraction of sp³-hybridized carbons (Fsp3) is 0.111. The quantitative estimate of drug-likeness (QED) is 0.605. The Kier molecular flexibility index (Phi) is 5.90. The van der Waals surface area contributed by atoms with Gasteiger partial charge in [-0.3, -0.25) is 4.79 Å². The third-order valence-electron chi connectivity index (χ3n) is 3.31. The van der Waals surface area contributed by atoms with Crippen LogP contribution < -0.4 is 10.1 Å². The lowest BCUT2D eigenvalue weighted by molar-refractivity contribution is -0.137. The van der Waals surface area contributed by atoms with E-state index in [9.17, 15) is 23.2 Å².